The first-order valence-electron chi connectivity index (χ1n) is 6.58. The first kappa shape index (κ1) is 13.6. The van der Waals surface area contributed by atoms with E-state index in [0.29, 0.717) is 0 Å². The minimum absolute atomic E-state index is 0.00777. The summed E-state index contributed by atoms with van der Waals surface area (Å²) in [4.78, 5) is 4.38. The van der Waals surface area contributed by atoms with Crippen molar-refractivity contribution in [1.29, 1.82) is 0 Å². The van der Waals surface area contributed by atoms with Gasteiger partial charge in [0.25, 0.3) is 0 Å². The van der Waals surface area contributed by atoms with Gasteiger partial charge in [-0.3, -0.25) is 0 Å². The average molecular weight is 259 g/mol. The van der Waals surface area contributed by atoms with Crippen LogP contribution in [0.3, 0.4) is 0 Å². The number of hydrogen-bond acceptors (Lipinski definition) is 3. The predicted molar refractivity (Wildman–Crippen MR) is 76.4 cm³/mol. The molecule has 2 unspecified atom stereocenters. The normalized spacial score (nSPS) is 14.1. The van der Waals surface area contributed by atoms with Crippen LogP contribution >= 0.6 is 0 Å². The van der Waals surface area contributed by atoms with E-state index in [1.54, 1.807) is 7.11 Å². The first-order chi connectivity index (χ1) is 9.17. The van der Waals surface area contributed by atoms with Crippen molar-refractivity contribution in [2.45, 2.75) is 32.4 Å². The number of aromatic nitrogens is 2. The molecule has 0 radical (unpaired) electrons. The first-order valence-corrected chi connectivity index (χ1v) is 6.58. The molecule has 4 heteroatoms. The summed E-state index contributed by atoms with van der Waals surface area (Å²) in [6.45, 7) is 4.12. The number of benzene rings is 1. The molecule has 2 aromatic rings. The number of imidazole rings is 1. The molecule has 4 nitrogen and oxygen atoms in total. The monoisotopic (exact) mass is 259 g/mol. The van der Waals surface area contributed by atoms with Gasteiger partial charge in [0, 0.05) is 24.9 Å². The Labute approximate surface area is 114 Å². The lowest BCUT2D eigenvalue weighted by Crippen LogP contribution is -2.31. The van der Waals surface area contributed by atoms with E-state index in [1.165, 1.54) is 0 Å². The van der Waals surface area contributed by atoms with Crippen molar-refractivity contribution in [2.24, 2.45) is 5.73 Å². The maximum atomic E-state index is 6.19. The minimum atomic E-state index is -0.00777. The molecule has 0 bridgehead atoms. The van der Waals surface area contributed by atoms with Crippen molar-refractivity contribution < 1.29 is 4.74 Å². The van der Waals surface area contributed by atoms with E-state index >= 15 is 0 Å². The van der Waals surface area contributed by atoms with Crippen LogP contribution in [0.25, 0.3) is 0 Å². The molecule has 1 heterocycles. The van der Waals surface area contributed by atoms with E-state index in [1.807, 2.05) is 37.5 Å². The summed E-state index contributed by atoms with van der Waals surface area (Å²) in [7, 11) is 1.68. The van der Waals surface area contributed by atoms with Gasteiger partial charge in [-0.25, -0.2) is 4.98 Å². The predicted octanol–water partition coefficient (Wildman–Crippen LogP) is 2.39. The van der Waals surface area contributed by atoms with E-state index in [0.717, 1.165) is 23.6 Å². The summed E-state index contributed by atoms with van der Waals surface area (Å²) >= 11 is 0. The smallest absolute Gasteiger partial charge is 0.119 e. The second-order valence-corrected chi connectivity index (χ2v) is 4.68. The number of hydrogen-bond donors (Lipinski definition) is 1. The highest BCUT2D eigenvalue weighted by Crippen LogP contribution is 2.26. The molecule has 1 aromatic carbocycles. The molecular formula is C15H21N3O. The van der Waals surface area contributed by atoms with Gasteiger partial charge in [0.05, 0.1) is 13.2 Å². The number of methoxy groups -OCH3 is 1. The molecule has 2 rings (SSSR count). The Hall–Kier alpha value is -1.81. The van der Waals surface area contributed by atoms with Crippen molar-refractivity contribution in [3.05, 3.63) is 48.0 Å². The number of aryl methyl sites for hydroxylation is 1. The molecule has 0 aliphatic rings. The molecule has 0 amide bonds. The van der Waals surface area contributed by atoms with Crippen molar-refractivity contribution >= 4 is 0 Å². The fourth-order valence-electron chi connectivity index (χ4n) is 2.41. The van der Waals surface area contributed by atoms with E-state index in [2.05, 4.69) is 22.5 Å². The Balaban J connectivity index is 2.45. The highest BCUT2D eigenvalue weighted by atomic mass is 16.5. The van der Waals surface area contributed by atoms with Crippen LogP contribution in [0.1, 0.15) is 31.3 Å². The van der Waals surface area contributed by atoms with E-state index < -0.39 is 0 Å². The second kappa shape index (κ2) is 5.89. The zero-order valence-corrected chi connectivity index (χ0v) is 11.7. The van der Waals surface area contributed by atoms with Crippen LogP contribution in [-0.4, -0.2) is 22.7 Å². The molecule has 1 aromatic heterocycles. The molecule has 0 spiro atoms. The molecule has 0 fully saturated rings. The molecular weight excluding hydrogens is 238 g/mol. The number of nitrogens with zero attached hydrogens (tertiary/aromatic N) is 2. The van der Waals surface area contributed by atoms with Gasteiger partial charge in [0.1, 0.15) is 11.6 Å². The van der Waals surface area contributed by atoms with Crippen LogP contribution in [0.4, 0.5) is 0 Å². The Morgan fingerprint density at radius 2 is 2.21 bits per heavy atom. The topological polar surface area (TPSA) is 53.1 Å². The molecule has 2 N–H and O–H groups in total. The maximum Gasteiger partial charge on any atom is 0.119 e. The van der Waals surface area contributed by atoms with Gasteiger partial charge in [0.2, 0.25) is 0 Å². The van der Waals surface area contributed by atoms with Crippen LogP contribution in [-0.2, 0) is 6.42 Å². The van der Waals surface area contributed by atoms with Crippen LogP contribution in [0.5, 0.6) is 5.75 Å². The van der Waals surface area contributed by atoms with Gasteiger partial charge < -0.3 is 15.0 Å². The van der Waals surface area contributed by atoms with Crippen LogP contribution in [0, 0.1) is 0 Å². The summed E-state index contributed by atoms with van der Waals surface area (Å²) in [6, 6.07) is 8.12. The lowest BCUT2D eigenvalue weighted by molar-refractivity contribution is 0.411. The SMILES string of the molecule is CCc1nccn1C(c1cccc(OC)c1)C(C)N. The quantitative estimate of drug-likeness (QED) is 0.897. The lowest BCUT2D eigenvalue weighted by atomic mass is 10.00. The van der Waals surface area contributed by atoms with Crippen molar-refractivity contribution in [2.75, 3.05) is 7.11 Å². The number of nitrogens with two attached hydrogens (primary N) is 1. The Morgan fingerprint density at radius 1 is 1.42 bits per heavy atom. The minimum Gasteiger partial charge on any atom is -0.497 e. The van der Waals surface area contributed by atoms with Crippen LogP contribution in [0.15, 0.2) is 36.7 Å². The third kappa shape index (κ3) is 2.79. The Morgan fingerprint density at radius 3 is 2.84 bits per heavy atom. The summed E-state index contributed by atoms with van der Waals surface area (Å²) in [6.07, 6.45) is 4.71. The van der Waals surface area contributed by atoms with Crippen LogP contribution in [0.2, 0.25) is 0 Å². The molecule has 102 valence electrons. The summed E-state index contributed by atoms with van der Waals surface area (Å²) in [5.74, 6) is 1.89. The van der Waals surface area contributed by atoms with Gasteiger partial charge in [-0.05, 0) is 24.6 Å². The summed E-state index contributed by atoms with van der Waals surface area (Å²) < 4.78 is 7.45. The van der Waals surface area contributed by atoms with E-state index in [4.69, 9.17) is 10.5 Å². The van der Waals surface area contributed by atoms with Crippen LogP contribution < -0.4 is 10.5 Å². The average Bonchev–Trinajstić information content (AvgIpc) is 2.87. The van der Waals surface area contributed by atoms with Crippen molar-refractivity contribution in [3.8, 4) is 5.75 Å². The molecule has 2 atom stereocenters. The molecule has 0 aliphatic carbocycles. The Bertz CT molecular complexity index is 534. The van der Waals surface area contributed by atoms with Gasteiger partial charge in [-0.15, -0.1) is 0 Å². The van der Waals surface area contributed by atoms with Crippen molar-refractivity contribution in [3.63, 3.8) is 0 Å². The zero-order valence-electron chi connectivity index (χ0n) is 11.7. The highest BCUT2D eigenvalue weighted by molar-refractivity contribution is 5.32. The van der Waals surface area contributed by atoms with E-state index in [-0.39, 0.29) is 12.1 Å². The fourth-order valence-corrected chi connectivity index (χ4v) is 2.41. The number of ether oxygens (including phenoxy) is 1. The second-order valence-electron chi connectivity index (χ2n) is 4.68. The largest absolute Gasteiger partial charge is 0.497 e. The van der Waals surface area contributed by atoms with E-state index in [9.17, 15) is 0 Å². The molecule has 0 saturated carbocycles. The van der Waals surface area contributed by atoms with Gasteiger partial charge in [0.15, 0.2) is 0 Å². The molecule has 0 saturated heterocycles. The number of rotatable bonds is 5. The maximum absolute atomic E-state index is 6.19. The van der Waals surface area contributed by atoms with Gasteiger partial charge in [-0.1, -0.05) is 19.1 Å². The summed E-state index contributed by atoms with van der Waals surface area (Å²) in [5.41, 5.74) is 7.33. The molecule has 19 heavy (non-hydrogen) atoms. The molecule has 0 aliphatic heterocycles. The Kier molecular flexibility index (Phi) is 4.22. The summed E-state index contributed by atoms with van der Waals surface area (Å²) in [5, 5.41) is 0. The standard InChI is InChI=1S/C15H21N3O/c1-4-14-17-8-9-18(14)15(11(2)16)12-6-5-7-13(10-12)19-3/h5-11,15H,4,16H2,1-3H3. The zero-order chi connectivity index (χ0) is 13.8. The highest BCUT2D eigenvalue weighted by Gasteiger charge is 2.20. The third-order valence-electron chi connectivity index (χ3n) is 3.30. The van der Waals surface area contributed by atoms with Crippen molar-refractivity contribution in [1.82, 2.24) is 9.55 Å². The lowest BCUT2D eigenvalue weighted by Gasteiger charge is -2.25. The van der Waals surface area contributed by atoms with Gasteiger partial charge in [-0.2, -0.15) is 0 Å². The third-order valence-corrected chi connectivity index (χ3v) is 3.30. The fraction of sp³-hybridized carbons (Fsp3) is 0.400. The van der Waals surface area contributed by atoms with Gasteiger partial charge >= 0.3 is 0 Å².